The Labute approximate surface area is 91.2 Å². The van der Waals surface area contributed by atoms with Gasteiger partial charge in [-0.1, -0.05) is 6.07 Å². The van der Waals surface area contributed by atoms with Crippen molar-refractivity contribution in [2.45, 2.75) is 0 Å². The second-order valence-electron chi connectivity index (χ2n) is 3.45. The van der Waals surface area contributed by atoms with Crippen LogP contribution in [0.4, 0.5) is 4.39 Å². The van der Waals surface area contributed by atoms with Gasteiger partial charge in [0.1, 0.15) is 17.2 Å². The lowest BCUT2D eigenvalue weighted by molar-refractivity contribution is 0.619. The van der Waals surface area contributed by atoms with Gasteiger partial charge in [-0.05, 0) is 24.3 Å². The van der Waals surface area contributed by atoms with Crippen molar-refractivity contribution in [1.82, 2.24) is 14.4 Å². The maximum absolute atomic E-state index is 13.0. The summed E-state index contributed by atoms with van der Waals surface area (Å²) in [7, 11) is 0. The number of fused-ring (bicyclic) bond motifs is 1. The predicted molar refractivity (Wildman–Crippen MR) is 58.4 cm³/mol. The summed E-state index contributed by atoms with van der Waals surface area (Å²) in [6.07, 6.45) is 4.87. The molecule has 3 aromatic heterocycles. The van der Waals surface area contributed by atoms with E-state index in [2.05, 4.69) is 9.97 Å². The molecule has 0 aliphatic carbocycles. The molecule has 3 heterocycles. The molecular weight excluding hydrogens is 205 g/mol. The number of pyridine rings is 2. The lowest BCUT2D eigenvalue weighted by Crippen LogP contribution is -1.83. The van der Waals surface area contributed by atoms with Crippen LogP contribution in [0.1, 0.15) is 0 Å². The summed E-state index contributed by atoms with van der Waals surface area (Å²) in [5.74, 6) is -0.280. The Bertz CT molecular complexity index is 631. The first-order valence-electron chi connectivity index (χ1n) is 4.88. The molecule has 78 valence electrons. The third-order valence-corrected chi connectivity index (χ3v) is 2.34. The number of rotatable bonds is 1. The largest absolute Gasteiger partial charge is 0.303 e. The molecule has 3 nitrogen and oxygen atoms in total. The standard InChI is InChI=1S/C12H8FN3/c13-9-4-5-12-15-11(8-16(12)7-9)10-3-1-2-6-14-10/h1-8H. The SMILES string of the molecule is Fc1ccc2nc(-c3ccccn3)cn2c1. The van der Waals surface area contributed by atoms with Gasteiger partial charge in [-0.2, -0.15) is 0 Å². The quantitative estimate of drug-likeness (QED) is 0.621. The van der Waals surface area contributed by atoms with E-state index in [0.717, 1.165) is 11.4 Å². The Morgan fingerprint density at radius 1 is 1.00 bits per heavy atom. The van der Waals surface area contributed by atoms with E-state index < -0.39 is 0 Å². The van der Waals surface area contributed by atoms with Gasteiger partial charge >= 0.3 is 0 Å². The van der Waals surface area contributed by atoms with Crippen LogP contribution < -0.4 is 0 Å². The summed E-state index contributed by atoms with van der Waals surface area (Å²) in [4.78, 5) is 8.55. The molecule has 3 rings (SSSR count). The first-order valence-corrected chi connectivity index (χ1v) is 4.88. The van der Waals surface area contributed by atoms with Crippen molar-refractivity contribution < 1.29 is 4.39 Å². The predicted octanol–water partition coefficient (Wildman–Crippen LogP) is 2.54. The average Bonchev–Trinajstić information content (AvgIpc) is 2.73. The van der Waals surface area contributed by atoms with E-state index in [1.165, 1.54) is 12.3 Å². The molecule has 0 radical (unpaired) electrons. The minimum absolute atomic E-state index is 0.280. The molecule has 0 amide bonds. The molecule has 0 N–H and O–H groups in total. The molecule has 0 spiro atoms. The Morgan fingerprint density at radius 3 is 2.75 bits per heavy atom. The van der Waals surface area contributed by atoms with Crippen LogP contribution in [0.3, 0.4) is 0 Å². The van der Waals surface area contributed by atoms with Crippen molar-refractivity contribution in [2.75, 3.05) is 0 Å². The van der Waals surface area contributed by atoms with E-state index in [9.17, 15) is 4.39 Å². The van der Waals surface area contributed by atoms with Gasteiger partial charge < -0.3 is 4.40 Å². The van der Waals surface area contributed by atoms with Crippen LogP contribution in [-0.2, 0) is 0 Å². The number of hydrogen-bond acceptors (Lipinski definition) is 2. The van der Waals surface area contributed by atoms with Gasteiger partial charge in [0.05, 0.1) is 5.69 Å². The van der Waals surface area contributed by atoms with Gasteiger partial charge in [0.25, 0.3) is 0 Å². The second kappa shape index (κ2) is 3.41. The molecule has 0 aromatic carbocycles. The monoisotopic (exact) mass is 213 g/mol. The van der Waals surface area contributed by atoms with E-state index in [0.29, 0.717) is 5.65 Å². The van der Waals surface area contributed by atoms with E-state index in [1.54, 1.807) is 22.9 Å². The number of nitrogens with zero attached hydrogens (tertiary/aromatic N) is 3. The molecule has 0 aliphatic heterocycles. The zero-order chi connectivity index (χ0) is 11.0. The average molecular weight is 213 g/mol. The molecule has 0 aliphatic rings. The summed E-state index contributed by atoms with van der Waals surface area (Å²) in [5.41, 5.74) is 2.24. The maximum Gasteiger partial charge on any atom is 0.139 e. The van der Waals surface area contributed by atoms with Crippen LogP contribution in [0.5, 0.6) is 0 Å². The summed E-state index contributed by atoms with van der Waals surface area (Å²) in [6, 6.07) is 8.65. The first kappa shape index (κ1) is 9.03. The lowest BCUT2D eigenvalue weighted by atomic mass is 10.3. The van der Waals surface area contributed by atoms with Crippen LogP contribution in [0.25, 0.3) is 17.0 Å². The Balaban J connectivity index is 2.19. The maximum atomic E-state index is 13.0. The second-order valence-corrected chi connectivity index (χ2v) is 3.45. The van der Waals surface area contributed by atoms with Crippen molar-refractivity contribution in [3.63, 3.8) is 0 Å². The molecule has 16 heavy (non-hydrogen) atoms. The highest BCUT2D eigenvalue weighted by atomic mass is 19.1. The molecule has 0 saturated carbocycles. The zero-order valence-electron chi connectivity index (χ0n) is 8.34. The van der Waals surface area contributed by atoms with Gasteiger partial charge in [-0.3, -0.25) is 4.98 Å². The molecule has 3 aromatic rings. The van der Waals surface area contributed by atoms with Crippen molar-refractivity contribution in [2.24, 2.45) is 0 Å². The minimum atomic E-state index is -0.280. The molecule has 0 bridgehead atoms. The summed E-state index contributed by atoms with van der Waals surface area (Å²) < 4.78 is 14.6. The lowest BCUT2D eigenvalue weighted by Gasteiger charge is -1.91. The van der Waals surface area contributed by atoms with Crippen LogP contribution in [0.15, 0.2) is 48.9 Å². The first-order chi connectivity index (χ1) is 7.83. The highest BCUT2D eigenvalue weighted by Crippen LogP contribution is 2.16. The molecule has 0 atom stereocenters. The highest BCUT2D eigenvalue weighted by molar-refractivity contribution is 5.58. The summed E-state index contributed by atoms with van der Waals surface area (Å²) in [6.45, 7) is 0. The third kappa shape index (κ3) is 1.44. The van der Waals surface area contributed by atoms with Gasteiger partial charge in [-0.25, -0.2) is 9.37 Å². The van der Waals surface area contributed by atoms with E-state index in [4.69, 9.17) is 0 Å². The van der Waals surface area contributed by atoms with E-state index >= 15 is 0 Å². The van der Waals surface area contributed by atoms with Crippen LogP contribution in [0.2, 0.25) is 0 Å². The molecular formula is C12H8FN3. The zero-order valence-corrected chi connectivity index (χ0v) is 8.34. The van der Waals surface area contributed by atoms with Crippen LogP contribution in [-0.4, -0.2) is 14.4 Å². The normalized spacial score (nSPS) is 10.8. The fourth-order valence-electron chi connectivity index (χ4n) is 1.60. The smallest absolute Gasteiger partial charge is 0.139 e. The van der Waals surface area contributed by atoms with Crippen molar-refractivity contribution in [3.05, 3.63) is 54.7 Å². The van der Waals surface area contributed by atoms with Gasteiger partial charge in [0.2, 0.25) is 0 Å². The Kier molecular flexibility index (Phi) is 1.93. The Hall–Kier alpha value is -2.23. The van der Waals surface area contributed by atoms with Crippen LogP contribution in [0, 0.1) is 5.82 Å². The number of hydrogen-bond donors (Lipinski definition) is 0. The summed E-state index contributed by atoms with van der Waals surface area (Å²) in [5, 5.41) is 0. The third-order valence-electron chi connectivity index (χ3n) is 2.34. The van der Waals surface area contributed by atoms with Crippen molar-refractivity contribution in [1.29, 1.82) is 0 Å². The highest BCUT2D eigenvalue weighted by Gasteiger charge is 2.04. The fourth-order valence-corrected chi connectivity index (χ4v) is 1.60. The molecule has 4 heteroatoms. The van der Waals surface area contributed by atoms with Gasteiger partial charge in [-0.15, -0.1) is 0 Å². The number of halogens is 1. The van der Waals surface area contributed by atoms with Crippen molar-refractivity contribution in [3.8, 4) is 11.4 Å². The molecule has 0 fully saturated rings. The minimum Gasteiger partial charge on any atom is -0.303 e. The van der Waals surface area contributed by atoms with Gasteiger partial charge in [0, 0.05) is 18.6 Å². The fraction of sp³-hybridized carbons (Fsp3) is 0. The number of aromatic nitrogens is 3. The molecule has 0 unspecified atom stereocenters. The van der Waals surface area contributed by atoms with E-state index in [1.807, 2.05) is 18.2 Å². The topological polar surface area (TPSA) is 30.2 Å². The van der Waals surface area contributed by atoms with E-state index in [-0.39, 0.29) is 5.82 Å². The van der Waals surface area contributed by atoms with Gasteiger partial charge in [0.15, 0.2) is 0 Å². The van der Waals surface area contributed by atoms with Crippen molar-refractivity contribution >= 4 is 5.65 Å². The Morgan fingerprint density at radius 2 is 1.94 bits per heavy atom. The summed E-state index contributed by atoms with van der Waals surface area (Å²) >= 11 is 0. The number of imidazole rings is 1. The molecule has 0 saturated heterocycles. The van der Waals surface area contributed by atoms with Crippen LogP contribution >= 0.6 is 0 Å².